The molecule has 0 aliphatic heterocycles. The van der Waals surface area contributed by atoms with Gasteiger partial charge in [0.15, 0.2) is 11.6 Å². The number of benzene rings is 1. The van der Waals surface area contributed by atoms with Gasteiger partial charge in [-0.2, -0.15) is 5.10 Å². The van der Waals surface area contributed by atoms with Gasteiger partial charge < -0.3 is 5.73 Å². The van der Waals surface area contributed by atoms with Gasteiger partial charge in [-0.25, -0.2) is 9.67 Å². The molecule has 0 spiro atoms. The third-order valence-electron chi connectivity index (χ3n) is 4.20. The SMILES string of the molecule is Cc1ccc(N)c(-c2nc(C3CCCCC3)nn2C)c1. The van der Waals surface area contributed by atoms with Crippen LogP contribution in [0.1, 0.15) is 49.4 Å². The van der Waals surface area contributed by atoms with Crippen LogP contribution in [-0.4, -0.2) is 14.8 Å². The molecule has 1 aromatic carbocycles. The van der Waals surface area contributed by atoms with Crippen LogP contribution in [0, 0.1) is 6.92 Å². The largest absolute Gasteiger partial charge is 0.398 e. The number of hydrogen-bond acceptors (Lipinski definition) is 3. The van der Waals surface area contributed by atoms with Gasteiger partial charge in [0.25, 0.3) is 0 Å². The number of rotatable bonds is 2. The van der Waals surface area contributed by atoms with Gasteiger partial charge in [0.2, 0.25) is 0 Å². The van der Waals surface area contributed by atoms with Gasteiger partial charge in [0.1, 0.15) is 0 Å². The summed E-state index contributed by atoms with van der Waals surface area (Å²) in [6.07, 6.45) is 6.37. The number of nitrogens with two attached hydrogens (primary N) is 1. The fourth-order valence-electron chi connectivity index (χ4n) is 3.04. The van der Waals surface area contributed by atoms with Crippen LogP contribution in [-0.2, 0) is 7.05 Å². The Hall–Kier alpha value is -1.84. The van der Waals surface area contributed by atoms with Gasteiger partial charge in [0.05, 0.1) is 0 Å². The molecular formula is C16H22N4. The summed E-state index contributed by atoms with van der Waals surface area (Å²) in [6, 6.07) is 6.06. The monoisotopic (exact) mass is 270 g/mol. The molecule has 4 heteroatoms. The second kappa shape index (κ2) is 5.27. The van der Waals surface area contributed by atoms with Crippen LogP contribution in [0.2, 0.25) is 0 Å². The highest BCUT2D eigenvalue weighted by molar-refractivity contribution is 5.72. The van der Waals surface area contributed by atoms with Crippen molar-refractivity contribution in [3.8, 4) is 11.4 Å². The highest BCUT2D eigenvalue weighted by Crippen LogP contribution is 2.33. The standard InChI is InChI=1S/C16H22N4/c1-11-8-9-14(17)13(10-11)16-18-15(19-20(16)2)12-6-4-3-5-7-12/h8-10,12H,3-7,17H2,1-2H3. The molecule has 20 heavy (non-hydrogen) atoms. The first-order valence-corrected chi connectivity index (χ1v) is 7.42. The lowest BCUT2D eigenvalue weighted by molar-refractivity contribution is 0.427. The summed E-state index contributed by atoms with van der Waals surface area (Å²) in [7, 11) is 1.95. The van der Waals surface area contributed by atoms with Crippen molar-refractivity contribution in [3.63, 3.8) is 0 Å². The first-order chi connectivity index (χ1) is 9.65. The van der Waals surface area contributed by atoms with Gasteiger partial charge in [-0.15, -0.1) is 0 Å². The van der Waals surface area contributed by atoms with E-state index in [0.717, 1.165) is 22.9 Å². The quantitative estimate of drug-likeness (QED) is 0.851. The van der Waals surface area contributed by atoms with E-state index in [0.29, 0.717) is 5.92 Å². The normalized spacial score (nSPS) is 16.5. The van der Waals surface area contributed by atoms with Crippen LogP contribution < -0.4 is 5.73 Å². The third-order valence-corrected chi connectivity index (χ3v) is 4.20. The molecule has 1 saturated carbocycles. The predicted molar refractivity (Wildman–Crippen MR) is 81.4 cm³/mol. The second-order valence-electron chi connectivity index (χ2n) is 5.84. The van der Waals surface area contributed by atoms with Gasteiger partial charge in [0, 0.05) is 24.2 Å². The predicted octanol–water partition coefficient (Wildman–Crippen LogP) is 3.42. The molecule has 0 amide bonds. The Morgan fingerprint density at radius 1 is 1.20 bits per heavy atom. The summed E-state index contributed by atoms with van der Waals surface area (Å²) < 4.78 is 1.87. The van der Waals surface area contributed by atoms with Crippen molar-refractivity contribution in [1.82, 2.24) is 14.8 Å². The van der Waals surface area contributed by atoms with E-state index >= 15 is 0 Å². The smallest absolute Gasteiger partial charge is 0.160 e. The van der Waals surface area contributed by atoms with Crippen molar-refractivity contribution in [1.29, 1.82) is 0 Å². The zero-order chi connectivity index (χ0) is 14.1. The summed E-state index contributed by atoms with van der Waals surface area (Å²) in [5.41, 5.74) is 9.04. The molecule has 106 valence electrons. The minimum absolute atomic E-state index is 0.523. The second-order valence-corrected chi connectivity index (χ2v) is 5.84. The Labute approximate surface area is 120 Å². The van der Waals surface area contributed by atoms with Gasteiger partial charge in [-0.05, 0) is 31.9 Å². The topological polar surface area (TPSA) is 56.7 Å². The highest BCUT2D eigenvalue weighted by atomic mass is 15.3. The number of anilines is 1. The molecule has 1 aromatic heterocycles. The fraction of sp³-hybridized carbons (Fsp3) is 0.500. The first-order valence-electron chi connectivity index (χ1n) is 7.42. The molecule has 0 atom stereocenters. The maximum absolute atomic E-state index is 6.10. The molecule has 3 rings (SSSR count). The van der Waals surface area contributed by atoms with E-state index in [1.165, 1.54) is 37.7 Å². The maximum atomic E-state index is 6.10. The van der Waals surface area contributed by atoms with Crippen molar-refractivity contribution in [2.45, 2.75) is 44.9 Å². The summed E-state index contributed by atoms with van der Waals surface area (Å²) in [4.78, 5) is 4.78. The Bertz CT molecular complexity index is 609. The summed E-state index contributed by atoms with van der Waals surface area (Å²) in [5.74, 6) is 2.39. The average Bonchev–Trinajstić information content (AvgIpc) is 2.84. The Kier molecular flexibility index (Phi) is 3.47. The molecule has 2 aromatic rings. The lowest BCUT2D eigenvalue weighted by Gasteiger charge is -2.18. The zero-order valence-corrected chi connectivity index (χ0v) is 12.3. The lowest BCUT2D eigenvalue weighted by Crippen LogP contribution is -2.06. The maximum Gasteiger partial charge on any atom is 0.160 e. The van der Waals surface area contributed by atoms with Crippen LogP contribution in [0.5, 0.6) is 0 Å². The van der Waals surface area contributed by atoms with Crippen molar-refractivity contribution in [2.75, 3.05) is 5.73 Å². The van der Waals surface area contributed by atoms with E-state index in [-0.39, 0.29) is 0 Å². The molecule has 4 nitrogen and oxygen atoms in total. The highest BCUT2D eigenvalue weighted by Gasteiger charge is 2.21. The van der Waals surface area contributed by atoms with E-state index in [1.54, 1.807) is 0 Å². The minimum Gasteiger partial charge on any atom is -0.398 e. The van der Waals surface area contributed by atoms with Crippen molar-refractivity contribution in [2.24, 2.45) is 7.05 Å². The van der Waals surface area contributed by atoms with E-state index in [1.807, 2.05) is 23.9 Å². The number of nitrogens with zero attached hydrogens (tertiary/aromatic N) is 3. The van der Waals surface area contributed by atoms with Crippen LogP contribution in [0.4, 0.5) is 5.69 Å². The molecule has 1 heterocycles. The molecule has 0 bridgehead atoms. The summed E-state index contributed by atoms with van der Waals surface area (Å²) >= 11 is 0. The van der Waals surface area contributed by atoms with Crippen molar-refractivity contribution in [3.05, 3.63) is 29.6 Å². The Balaban J connectivity index is 1.98. The minimum atomic E-state index is 0.523. The van der Waals surface area contributed by atoms with E-state index in [4.69, 9.17) is 10.7 Å². The zero-order valence-electron chi connectivity index (χ0n) is 12.3. The molecule has 0 saturated heterocycles. The third kappa shape index (κ3) is 2.42. The number of hydrogen-bond donors (Lipinski definition) is 1. The van der Waals surface area contributed by atoms with E-state index < -0.39 is 0 Å². The van der Waals surface area contributed by atoms with Crippen molar-refractivity contribution < 1.29 is 0 Å². The Morgan fingerprint density at radius 3 is 2.70 bits per heavy atom. The molecule has 1 fully saturated rings. The van der Waals surface area contributed by atoms with Crippen molar-refractivity contribution >= 4 is 5.69 Å². The van der Waals surface area contributed by atoms with Crippen LogP contribution in [0.15, 0.2) is 18.2 Å². The molecule has 0 unspecified atom stereocenters. The van der Waals surface area contributed by atoms with Gasteiger partial charge in [-0.1, -0.05) is 30.9 Å². The first kappa shape index (κ1) is 13.2. The van der Waals surface area contributed by atoms with Gasteiger partial charge in [-0.3, -0.25) is 0 Å². The van der Waals surface area contributed by atoms with Crippen LogP contribution in [0.3, 0.4) is 0 Å². The molecule has 1 aliphatic rings. The van der Waals surface area contributed by atoms with E-state index in [2.05, 4.69) is 18.1 Å². The van der Waals surface area contributed by atoms with Gasteiger partial charge >= 0.3 is 0 Å². The molecule has 2 N–H and O–H groups in total. The molecule has 1 aliphatic carbocycles. The number of aromatic nitrogens is 3. The number of nitrogen functional groups attached to an aromatic ring is 1. The fourth-order valence-corrected chi connectivity index (χ4v) is 3.04. The Morgan fingerprint density at radius 2 is 1.95 bits per heavy atom. The summed E-state index contributed by atoms with van der Waals surface area (Å²) in [5, 5.41) is 4.63. The van der Waals surface area contributed by atoms with Crippen LogP contribution >= 0.6 is 0 Å². The molecule has 0 radical (unpaired) electrons. The average molecular weight is 270 g/mol. The molecular weight excluding hydrogens is 248 g/mol. The lowest BCUT2D eigenvalue weighted by atomic mass is 9.89. The summed E-state index contributed by atoms with van der Waals surface area (Å²) in [6.45, 7) is 2.07. The van der Waals surface area contributed by atoms with E-state index in [9.17, 15) is 0 Å². The number of aryl methyl sites for hydroxylation is 2. The van der Waals surface area contributed by atoms with Crippen LogP contribution in [0.25, 0.3) is 11.4 Å².